The van der Waals surface area contributed by atoms with Crippen molar-refractivity contribution in [2.45, 2.75) is 64.7 Å². The molecule has 4 atom stereocenters. The van der Waals surface area contributed by atoms with E-state index in [-0.39, 0.29) is 29.7 Å². The average Bonchev–Trinajstić information content (AvgIpc) is 3.30. The second-order valence-electron chi connectivity index (χ2n) is 11.1. The van der Waals surface area contributed by atoms with Gasteiger partial charge in [0.05, 0.1) is 6.10 Å². The van der Waals surface area contributed by atoms with E-state index in [0.717, 1.165) is 6.32 Å². The summed E-state index contributed by atoms with van der Waals surface area (Å²) in [6, 6.07) is 21.8. The van der Waals surface area contributed by atoms with Crippen molar-refractivity contribution in [2.75, 3.05) is 0 Å². The number of hydrogen-bond acceptors (Lipinski definition) is 2. The maximum Gasteiger partial charge on any atom is 0.461 e. The Morgan fingerprint density at radius 1 is 1.00 bits per heavy atom. The van der Waals surface area contributed by atoms with Gasteiger partial charge in [-0.25, -0.2) is 0 Å². The summed E-state index contributed by atoms with van der Waals surface area (Å²) in [5, 5.41) is 1.46. The highest BCUT2D eigenvalue weighted by molar-refractivity contribution is 6.94. The van der Waals surface area contributed by atoms with Crippen LogP contribution >= 0.6 is 0 Å². The van der Waals surface area contributed by atoms with Crippen LogP contribution in [-0.4, -0.2) is 21.3 Å². The van der Waals surface area contributed by atoms with Crippen molar-refractivity contribution in [2.24, 2.45) is 16.7 Å². The van der Waals surface area contributed by atoms with Crippen LogP contribution in [0.25, 0.3) is 0 Å². The number of benzene rings is 2. The van der Waals surface area contributed by atoms with E-state index in [0.29, 0.717) is 5.92 Å². The SMILES string of the molecule is CC1(C)[C@@H]2CC[C@@]1(C)[C@]1(c3ccccc3)OB(C/C=C\[Si](C)(C)c3ccccc3)OC21. The lowest BCUT2D eigenvalue weighted by atomic mass is 9.61. The van der Waals surface area contributed by atoms with E-state index in [2.05, 4.69) is 106 Å². The maximum atomic E-state index is 6.99. The Morgan fingerprint density at radius 3 is 2.32 bits per heavy atom. The van der Waals surface area contributed by atoms with Gasteiger partial charge in [0.15, 0.2) is 0 Å². The average molecular weight is 430 g/mol. The topological polar surface area (TPSA) is 18.5 Å². The van der Waals surface area contributed by atoms with Gasteiger partial charge in [-0.05, 0) is 36.1 Å². The van der Waals surface area contributed by atoms with Crippen LogP contribution in [0.1, 0.15) is 39.2 Å². The van der Waals surface area contributed by atoms with Gasteiger partial charge in [0.25, 0.3) is 0 Å². The number of rotatable bonds is 5. The molecule has 3 aliphatic rings. The van der Waals surface area contributed by atoms with Gasteiger partial charge < -0.3 is 9.31 Å². The van der Waals surface area contributed by atoms with E-state index in [1.165, 1.54) is 23.6 Å². The first-order valence-corrected chi connectivity index (χ1v) is 14.9. The van der Waals surface area contributed by atoms with Crippen molar-refractivity contribution in [3.8, 4) is 0 Å². The predicted molar refractivity (Wildman–Crippen MR) is 132 cm³/mol. The fraction of sp³-hybridized carbons (Fsp3) is 0.481. The molecule has 4 heteroatoms. The van der Waals surface area contributed by atoms with Gasteiger partial charge in [-0.2, -0.15) is 0 Å². The molecule has 2 bridgehead atoms. The van der Waals surface area contributed by atoms with E-state index in [1.54, 1.807) is 0 Å². The van der Waals surface area contributed by atoms with E-state index >= 15 is 0 Å². The van der Waals surface area contributed by atoms with E-state index in [1.807, 2.05) is 0 Å². The monoisotopic (exact) mass is 430 g/mol. The summed E-state index contributed by atoms with van der Waals surface area (Å²) in [7, 11) is -1.77. The molecular formula is C27H35BO2Si. The first-order chi connectivity index (χ1) is 14.7. The van der Waals surface area contributed by atoms with Gasteiger partial charge >= 0.3 is 7.12 Å². The van der Waals surface area contributed by atoms with Crippen LogP contribution in [0.15, 0.2) is 72.4 Å². The summed E-state index contributed by atoms with van der Waals surface area (Å²) in [6.07, 6.45) is 5.72. The standard InChI is InChI=1S/C27H35BO2Si/c1-25(2)23-17-18-26(25,3)27(21-13-8-6-9-14-21)24(23)29-28(30-27)19-12-20-31(4,5)22-15-10-7-11-16-22/h6-16,20,23-24H,17-19H2,1-5H3/b20-12-/t23-,24?,26-,27-/m1/s1. The van der Waals surface area contributed by atoms with Crippen molar-refractivity contribution in [3.63, 3.8) is 0 Å². The Morgan fingerprint density at radius 2 is 1.65 bits per heavy atom. The zero-order valence-electron chi connectivity index (χ0n) is 19.6. The largest absolute Gasteiger partial charge is 0.461 e. The minimum absolute atomic E-state index is 0.0766. The molecule has 1 aliphatic heterocycles. The lowest BCUT2D eigenvalue weighted by molar-refractivity contribution is -0.0804. The molecule has 1 heterocycles. The van der Waals surface area contributed by atoms with Gasteiger partial charge in [0.1, 0.15) is 13.7 Å². The molecule has 0 N–H and O–H groups in total. The van der Waals surface area contributed by atoms with Crippen LogP contribution < -0.4 is 5.19 Å². The van der Waals surface area contributed by atoms with E-state index < -0.39 is 8.07 Å². The third-order valence-corrected chi connectivity index (χ3v) is 12.0. The fourth-order valence-corrected chi connectivity index (χ4v) is 8.86. The summed E-state index contributed by atoms with van der Waals surface area (Å²) in [4.78, 5) is 0. The molecule has 2 aromatic carbocycles. The first kappa shape index (κ1) is 21.2. The lowest BCUT2D eigenvalue weighted by Crippen LogP contribution is -2.50. The first-order valence-electron chi connectivity index (χ1n) is 11.8. The molecular weight excluding hydrogens is 395 g/mol. The highest BCUT2D eigenvalue weighted by Gasteiger charge is 2.78. The van der Waals surface area contributed by atoms with Crippen LogP contribution in [0.4, 0.5) is 0 Å². The quantitative estimate of drug-likeness (QED) is 0.546. The third kappa shape index (κ3) is 2.91. The van der Waals surface area contributed by atoms with Crippen molar-refractivity contribution >= 4 is 20.4 Å². The number of hydrogen-bond donors (Lipinski definition) is 0. The molecule has 5 rings (SSSR count). The summed E-state index contributed by atoms with van der Waals surface area (Å²) in [5.74, 6) is 0.543. The second-order valence-corrected chi connectivity index (χ2v) is 15.5. The number of allylic oxidation sites excluding steroid dienone is 1. The zero-order valence-corrected chi connectivity index (χ0v) is 20.6. The third-order valence-electron chi connectivity index (χ3n) is 9.09. The highest BCUT2D eigenvalue weighted by atomic mass is 28.3. The Kier molecular flexibility index (Phi) is 4.93. The van der Waals surface area contributed by atoms with Crippen LogP contribution in [0.5, 0.6) is 0 Å². The van der Waals surface area contributed by atoms with Crippen LogP contribution in [0.2, 0.25) is 19.4 Å². The molecule has 0 radical (unpaired) electrons. The van der Waals surface area contributed by atoms with Gasteiger partial charge in [0.2, 0.25) is 0 Å². The molecule has 0 spiro atoms. The van der Waals surface area contributed by atoms with Crippen LogP contribution in [0, 0.1) is 16.7 Å². The Bertz CT molecular complexity index is 973. The van der Waals surface area contributed by atoms with Crippen molar-refractivity contribution in [1.29, 1.82) is 0 Å². The van der Waals surface area contributed by atoms with E-state index in [4.69, 9.17) is 9.31 Å². The Hall–Kier alpha value is -1.62. The Balaban J connectivity index is 1.42. The van der Waals surface area contributed by atoms with Gasteiger partial charge in [-0.1, -0.05) is 111 Å². The van der Waals surface area contributed by atoms with Crippen molar-refractivity contribution in [1.82, 2.24) is 0 Å². The summed E-state index contributed by atoms with van der Waals surface area (Å²) >= 11 is 0. The molecule has 2 aromatic rings. The second kappa shape index (κ2) is 7.20. The summed E-state index contributed by atoms with van der Waals surface area (Å²) in [5.41, 5.74) is 3.68. The molecule has 1 saturated heterocycles. The minimum Gasteiger partial charge on any atom is -0.404 e. The molecule has 1 unspecified atom stereocenters. The Labute approximate surface area is 189 Å². The molecule has 2 saturated carbocycles. The lowest BCUT2D eigenvalue weighted by Gasteiger charge is -2.48. The van der Waals surface area contributed by atoms with Gasteiger partial charge in [-0.15, -0.1) is 0 Å². The van der Waals surface area contributed by atoms with Gasteiger partial charge in [0, 0.05) is 5.41 Å². The fourth-order valence-electron chi connectivity index (χ4n) is 6.89. The highest BCUT2D eigenvalue weighted by Crippen LogP contribution is 2.76. The predicted octanol–water partition coefficient (Wildman–Crippen LogP) is 5.95. The molecule has 3 fully saturated rings. The smallest absolute Gasteiger partial charge is 0.404 e. The van der Waals surface area contributed by atoms with Crippen molar-refractivity contribution < 1.29 is 9.31 Å². The molecule has 2 nitrogen and oxygen atoms in total. The number of fused-ring (bicyclic) bond motifs is 5. The summed E-state index contributed by atoms with van der Waals surface area (Å²) < 4.78 is 13.7. The molecule has 2 aliphatic carbocycles. The zero-order chi connectivity index (χ0) is 21.9. The molecule has 0 aromatic heterocycles. The van der Waals surface area contributed by atoms with Crippen LogP contribution in [-0.2, 0) is 14.9 Å². The van der Waals surface area contributed by atoms with Crippen molar-refractivity contribution in [3.05, 3.63) is 78.0 Å². The van der Waals surface area contributed by atoms with Gasteiger partial charge in [-0.3, -0.25) is 0 Å². The summed E-state index contributed by atoms with van der Waals surface area (Å²) in [6.45, 7) is 12.1. The normalized spacial score (nSPS) is 33.9. The van der Waals surface area contributed by atoms with Crippen LogP contribution in [0.3, 0.4) is 0 Å². The minimum atomic E-state index is -1.61. The molecule has 162 valence electrons. The molecule has 0 amide bonds. The maximum absolute atomic E-state index is 6.99. The molecule has 31 heavy (non-hydrogen) atoms. The van der Waals surface area contributed by atoms with E-state index in [9.17, 15) is 0 Å².